The van der Waals surface area contributed by atoms with Gasteiger partial charge in [-0.3, -0.25) is 0 Å². The van der Waals surface area contributed by atoms with Crippen molar-refractivity contribution in [2.24, 2.45) is 0 Å². The van der Waals surface area contributed by atoms with Gasteiger partial charge in [0.25, 0.3) is 0 Å². The molecule has 3 aromatic rings. The van der Waals surface area contributed by atoms with Crippen LogP contribution in [0.4, 0.5) is 5.69 Å². The van der Waals surface area contributed by atoms with Crippen molar-refractivity contribution in [3.8, 4) is 11.4 Å². The first-order valence-corrected chi connectivity index (χ1v) is 6.38. The Morgan fingerprint density at radius 1 is 1.11 bits per heavy atom. The second kappa shape index (κ2) is 4.40. The highest BCUT2D eigenvalue weighted by molar-refractivity contribution is 6.39. The number of aromatic amines is 1. The van der Waals surface area contributed by atoms with Gasteiger partial charge in [0.15, 0.2) is 5.65 Å². The molecule has 0 fully saturated rings. The number of halogens is 2. The van der Waals surface area contributed by atoms with Crippen molar-refractivity contribution < 1.29 is 0 Å². The summed E-state index contributed by atoms with van der Waals surface area (Å²) in [7, 11) is 0. The van der Waals surface area contributed by atoms with Crippen LogP contribution in [0.2, 0.25) is 10.0 Å². The number of aryl methyl sites for hydroxylation is 1. The summed E-state index contributed by atoms with van der Waals surface area (Å²) in [5.74, 6) is 0.664. The van der Waals surface area contributed by atoms with Gasteiger partial charge in [0.2, 0.25) is 0 Å². The van der Waals surface area contributed by atoms with Crippen LogP contribution in [0.3, 0.4) is 0 Å². The third kappa shape index (κ3) is 2.13. The van der Waals surface area contributed by atoms with Gasteiger partial charge in [0.1, 0.15) is 5.82 Å². The molecule has 2 aromatic heterocycles. The minimum Gasteiger partial charge on any atom is -0.396 e. The molecule has 0 unspecified atom stereocenters. The summed E-state index contributed by atoms with van der Waals surface area (Å²) in [5, 5.41) is 0.819. The third-order valence-corrected chi connectivity index (χ3v) is 3.46. The Hall–Kier alpha value is -1.78. The van der Waals surface area contributed by atoms with E-state index in [1.165, 1.54) is 0 Å². The zero-order valence-corrected chi connectivity index (χ0v) is 11.5. The Morgan fingerprint density at radius 3 is 2.47 bits per heavy atom. The average Bonchev–Trinajstić information content (AvgIpc) is 2.78. The zero-order valence-electron chi connectivity index (χ0n) is 10.0. The molecule has 3 N–H and O–H groups in total. The van der Waals surface area contributed by atoms with Crippen molar-refractivity contribution in [2.75, 3.05) is 5.73 Å². The van der Waals surface area contributed by atoms with Crippen LogP contribution >= 0.6 is 23.2 Å². The van der Waals surface area contributed by atoms with Crippen LogP contribution in [0, 0.1) is 6.92 Å². The van der Waals surface area contributed by atoms with E-state index in [4.69, 9.17) is 28.9 Å². The van der Waals surface area contributed by atoms with Crippen molar-refractivity contribution in [3.05, 3.63) is 40.0 Å². The molecule has 0 aliphatic rings. The first-order chi connectivity index (χ1) is 9.04. The first kappa shape index (κ1) is 12.3. The quantitative estimate of drug-likeness (QED) is 0.670. The lowest BCUT2D eigenvalue weighted by atomic mass is 10.2. The van der Waals surface area contributed by atoms with E-state index in [1.54, 1.807) is 12.1 Å². The Labute approximate surface area is 119 Å². The van der Waals surface area contributed by atoms with Crippen molar-refractivity contribution >= 4 is 40.1 Å². The van der Waals surface area contributed by atoms with Crippen LogP contribution in [0.5, 0.6) is 0 Å². The Bertz CT molecular complexity index is 756. The van der Waals surface area contributed by atoms with Crippen LogP contribution in [0.25, 0.3) is 22.6 Å². The van der Waals surface area contributed by atoms with Crippen LogP contribution in [0.15, 0.2) is 24.3 Å². The molecular formula is C13H10Cl2N4. The van der Waals surface area contributed by atoms with Gasteiger partial charge in [0.05, 0.1) is 21.2 Å². The molecule has 0 aliphatic carbocycles. The van der Waals surface area contributed by atoms with E-state index in [0.29, 0.717) is 27.2 Å². The molecule has 96 valence electrons. The predicted octanol–water partition coefficient (Wildman–Crippen LogP) is 3.82. The van der Waals surface area contributed by atoms with E-state index < -0.39 is 0 Å². The fraction of sp³-hybridized carbons (Fsp3) is 0.0769. The third-order valence-electron chi connectivity index (χ3n) is 2.84. The smallest absolute Gasteiger partial charge is 0.178 e. The second-order valence-corrected chi connectivity index (χ2v) is 5.08. The van der Waals surface area contributed by atoms with Crippen molar-refractivity contribution in [3.63, 3.8) is 0 Å². The summed E-state index contributed by atoms with van der Waals surface area (Å²) in [4.78, 5) is 12.0. The first-order valence-electron chi connectivity index (χ1n) is 5.63. The van der Waals surface area contributed by atoms with Gasteiger partial charge >= 0.3 is 0 Å². The number of hydrogen-bond acceptors (Lipinski definition) is 3. The molecule has 0 bridgehead atoms. The molecule has 0 saturated heterocycles. The molecule has 0 radical (unpaired) electrons. The molecule has 0 amide bonds. The van der Waals surface area contributed by atoms with Crippen LogP contribution in [-0.2, 0) is 0 Å². The van der Waals surface area contributed by atoms with Crippen LogP contribution in [-0.4, -0.2) is 15.0 Å². The van der Waals surface area contributed by atoms with E-state index >= 15 is 0 Å². The summed E-state index contributed by atoms with van der Waals surface area (Å²) in [6.07, 6.45) is 0. The highest BCUT2D eigenvalue weighted by atomic mass is 35.5. The Morgan fingerprint density at radius 2 is 1.79 bits per heavy atom. The lowest BCUT2D eigenvalue weighted by Crippen LogP contribution is -1.90. The van der Waals surface area contributed by atoms with E-state index in [-0.39, 0.29) is 0 Å². The molecule has 3 rings (SSSR count). The molecule has 0 spiro atoms. The number of pyridine rings is 1. The Kier molecular flexibility index (Phi) is 2.84. The predicted molar refractivity (Wildman–Crippen MR) is 78.5 cm³/mol. The molecule has 2 heterocycles. The number of rotatable bonds is 1. The number of fused-ring (bicyclic) bond motifs is 1. The second-order valence-electron chi connectivity index (χ2n) is 4.26. The van der Waals surface area contributed by atoms with E-state index in [2.05, 4.69) is 15.0 Å². The maximum atomic E-state index is 6.03. The summed E-state index contributed by atoms with van der Waals surface area (Å²) in [6, 6.07) is 7.32. The van der Waals surface area contributed by atoms with Gasteiger partial charge < -0.3 is 10.7 Å². The van der Waals surface area contributed by atoms with E-state index in [1.807, 2.05) is 19.1 Å². The molecule has 4 nitrogen and oxygen atoms in total. The average molecular weight is 293 g/mol. The molecule has 0 aliphatic heterocycles. The van der Waals surface area contributed by atoms with Crippen LogP contribution in [0.1, 0.15) is 5.69 Å². The number of imidazole rings is 1. The fourth-order valence-electron chi connectivity index (χ4n) is 1.84. The largest absolute Gasteiger partial charge is 0.396 e. The van der Waals surface area contributed by atoms with Gasteiger partial charge in [-0.2, -0.15) is 0 Å². The molecule has 0 saturated carbocycles. The molecule has 1 aromatic carbocycles. The summed E-state index contributed by atoms with van der Waals surface area (Å²) < 4.78 is 0. The van der Waals surface area contributed by atoms with Gasteiger partial charge in [0, 0.05) is 11.3 Å². The number of hydrogen-bond donors (Lipinski definition) is 2. The number of nitrogen functional groups attached to an aromatic ring is 1. The molecular weight excluding hydrogens is 283 g/mol. The maximum Gasteiger partial charge on any atom is 0.178 e. The van der Waals surface area contributed by atoms with Gasteiger partial charge in [-0.25, -0.2) is 9.97 Å². The van der Waals surface area contributed by atoms with Gasteiger partial charge in [-0.15, -0.1) is 0 Å². The van der Waals surface area contributed by atoms with Crippen molar-refractivity contribution in [1.82, 2.24) is 15.0 Å². The summed E-state index contributed by atoms with van der Waals surface area (Å²) in [5.41, 5.74) is 9.31. The number of nitrogens with one attached hydrogen (secondary N) is 1. The number of nitrogens with two attached hydrogens (primary N) is 1. The summed E-state index contributed by atoms with van der Waals surface area (Å²) in [6.45, 7) is 1.92. The van der Waals surface area contributed by atoms with Gasteiger partial charge in [-0.05, 0) is 31.2 Å². The summed E-state index contributed by atoms with van der Waals surface area (Å²) >= 11 is 12.1. The van der Waals surface area contributed by atoms with E-state index in [0.717, 1.165) is 16.8 Å². The maximum absolute atomic E-state index is 6.03. The molecule has 19 heavy (non-hydrogen) atoms. The SMILES string of the molecule is Cc1ccc2[nH]c(-c3cc(Cl)c(N)c(Cl)c3)nc2n1. The lowest BCUT2D eigenvalue weighted by Gasteiger charge is -2.03. The zero-order chi connectivity index (χ0) is 13.6. The topological polar surface area (TPSA) is 67.6 Å². The molecule has 0 atom stereocenters. The van der Waals surface area contributed by atoms with Crippen LogP contribution < -0.4 is 5.73 Å². The highest BCUT2D eigenvalue weighted by Crippen LogP contribution is 2.32. The lowest BCUT2D eigenvalue weighted by molar-refractivity contribution is 1.22. The molecule has 6 heteroatoms. The number of anilines is 1. The number of nitrogens with zero attached hydrogens (tertiary/aromatic N) is 2. The number of benzene rings is 1. The van der Waals surface area contributed by atoms with Gasteiger partial charge in [-0.1, -0.05) is 23.2 Å². The number of H-pyrrole nitrogens is 1. The normalized spacial score (nSPS) is 11.1. The monoisotopic (exact) mass is 292 g/mol. The van der Waals surface area contributed by atoms with Crippen molar-refractivity contribution in [1.29, 1.82) is 0 Å². The Balaban J connectivity index is 2.19. The number of aromatic nitrogens is 3. The van der Waals surface area contributed by atoms with Crippen molar-refractivity contribution in [2.45, 2.75) is 6.92 Å². The highest BCUT2D eigenvalue weighted by Gasteiger charge is 2.10. The standard InChI is InChI=1S/C13H10Cl2N4/c1-6-2-3-10-13(17-6)19-12(18-10)7-4-8(14)11(16)9(15)5-7/h2-5H,16H2,1H3,(H,17,18,19). The minimum absolute atomic E-state index is 0.372. The van der Waals surface area contributed by atoms with E-state index in [9.17, 15) is 0 Å². The fourth-order valence-corrected chi connectivity index (χ4v) is 2.33. The minimum atomic E-state index is 0.372.